The van der Waals surface area contributed by atoms with Crippen LogP contribution in [0.3, 0.4) is 0 Å². The second kappa shape index (κ2) is 25.1. The van der Waals surface area contributed by atoms with E-state index in [1.165, 1.54) is 12.1 Å². The van der Waals surface area contributed by atoms with Crippen LogP contribution in [0.4, 0.5) is 10.6 Å². The number of anilines is 1. The Morgan fingerprint density at radius 1 is 0.578 bits per heavy atom. The number of rotatable bonds is 27. The van der Waals surface area contributed by atoms with Gasteiger partial charge in [-0.3, -0.25) is 33.6 Å². The highest BCUT2D eigenvalue weighted by Crippen LogP contribution is 2.17. The van der Waals surface area contributed by atoms with Gasteiger partial charge in [0.15, 0.2) is 0 Å². The third-order valence-corrected chi connectivity index (χ3v) is 9.41. The summed E-state index contributed by atoms with van der Waals surface area (Å²) < 4.78 is 0. The standard InChI is InChI=1S/C40H49N9O15/c41-49-30-13-10-24(20-43-30)34(56)44-25(11-14-31(50)51)36(58)46-29(19-33(54)55)37(59)45-28(18-21-8-9-22-5-1-2-6-23(22)17-21)35(57)42-16-4-3-7-26(38(60)61)47-40(64)48-27(39(62)63)12-15-32(52)53/h1-2,5-6,8-10,13,17,20,25-29H,3-4,7,11-12,14-16,18-19,41H2,(H,42,57)(H,43,49)(H,44,56)(H,45,59)(H,46,58)(H,50,51)(H,52,53)(H,54,55)(H,60,61)(H,62,63)(H2,47,48,64). The number of aliphatic carboxylic acids is 5. The first-order valence-corrected chi connectivity index (χ1v) is 19.6. The molecule has 0 aliphatic rings. The van der Waals surface area contributed by atoms with Crippen LogP contribution in [-0.4, -0.2) is 127 Å². The number of unbranched alkanes of at least 4 members (excludes halogenated alkanes) is 1. The van der Waals surface area contributed by atoms with Gasteiger partial charge in [0.2, 0.25) is 17.7 Å². The molecule has 64 heavy (non-hydrogen) atoms. The quantitative estimate of drug-likeness (QED) is 0.0261. The predicted molar refractivity (Wildman–Crippen MR) is 222 cm³/mol. The Kier molecular flexibility index (Phi) is 19.8. The summed E-state index contributed by atoms with van der Waals surface area (Å²) in [6.45, 7) is -0.0844. The van der Waals surface area contributed by atoms with Crippen LogP contribution in [-0.2, 0) is 44.8 Å². The maximum Gasteiger partial charge on any atom is 0.326 e. The number of nitrogen functional groups attached to an aromatic ring is 1. The molecule has 6 amide bonds. The van der Waals surface area contributed by atoms with Crippen LogP contribution in [0.25, 0.3) is 10.8 Å². The van der Waals surface area contributed by atoms with Gasteiger partial charge in [-0.1, -0.05) is 42.5 Å². The van der Waals surface area contributed by atoms with E-state index in [0.29, 0.717) is 5.56 Å². The number of hydrogen-bond donors (Lipinski definition) is 13. The topological polar surface area (TPSA) is 395 Å². The zero-order valence-corrected chi connectivity index (χ0v) is 34.1. The number of carbonyl (C=O) groups excluding carboxylic acids is 5. The lowest BCUT2D eigenvalue weighted by atomic mass is 10.0. The highest BCUT2D eigenvalue weighted by molar-refractivity contribution is 5.99. The molecule has 0 aliphatic heterocycles. The summed E-state index contributed by atoms with van der Waals surface area (Å²) in [5.41, 5.74) is 2.80. The minimum absolute atomic E-state index is 0.0438. The summed E-state index contributed by atoms with van der Waals surface area (Å²) in [7, 11) is 0. The molecule has 24 heteroatoms. The number of benzene rings is 2. The van der Waals surface area contributed by atoms with Crippen LogP contribution in [0.15, 0.2) is 60.8 Å². The van der Waals surface area contributed by atoms with Crippen LogP contribution in [0.1, 0.15) is 67.3 Å². The Bertz CT molecular complexity index is 2190. The van der Waals surface area contributed by atoms with Gasteiger partial charge < -0.3 is 62.9 Å². The number of nitrogens with zero attached hydrogens (tertiary/aromatic N) is 1. The van der Waals surface area contributed by atoms with E-state index in [1.807, 2.05) is 23.5 Å². The van der Waals surface area contributed by atoms with Gasteiger partial charge >= 0.3 is 35.9 Å². The Labute approximate surface area is 363 Å². The molecule has 344 valence electrons. The van der Waals surface area contributed by atoms with Gasteiger partial charge in [0.25, 0.3) is 5.91 Å². The van der Waals surface area contributed by atoms with Gasteiger partial charge in [-0.05, 0) is 60.6 Å². The molecular weight excluding hydrogens is 846 g/mol. The van der Waals surface area contributed by atoms with E-state index in [2.05, 4.69) is 37.0 Å². The molecule has 5 unspecified atom stereocenters. The number of fused-ring (bicyclic) bond motifs is 1. The lowest BCUT2D eigenvalue weighted by Crippen LogP contribution is -2.57. The van der Waals surface area contributed by atoms with E-state index in [-0.39, 0.29) is 43.6 Å². The van der Waals surface area contributed by atoms with E-state index in [1.54, 1.807) is 24.3 Å². The van der Waals surface area contributed by atoms with Crippen LogP contribution in [0.2, 0.25) is 0 Å². The molecular formula is C40H49N9O15. The molecule has 1 heterocycles. The van der Waals surface area contributed by atoms with Crippen molar-refractivity contribution >= 4 is 76.1 Å². The van der Waals surface area contributed by atoms with Crippen molar-refractivity contribution in [1.29, 1.82) is 0 Å². The normalized spacial score (nSPS) is 13.1. The first-order valence-electron chi connectivity index (χ1n) is 19.6. The van der Waals surface area contributed by atoms with Crippen molar-refractivity contribution in [1.82, 2.24) is 36.9 Å². The molecule has 0 saturated carbocycles. The smallest absolute Gasteiger partial charge is 0.326 e. The van der Waals surface area contributed by atoms with Crippen molar-refractivity contribution in [3.05, 3.63) is 71.9 Å². The summed E-state index contributed by atoms with van der Waals surface area (Å²) in [6.07, 6.45) is -2.05. The number of pyridine rings is 1. The van der Waals surface area contributed by atoms with Crippen molar-refractivity contribution in [3.8, 4) is 0 Å². The largest absolute Gasteiger partial charge is 0.481 e. The first kappa shape index (κ1) is 50.5. The Morgan fingerprint density at radius 2 is 1.17 bits per heavy atom. The molecule has 5 atom stereocenters. The lowest BCUT2D eigenvalue weighted by molar-refractivity contribution is -0.142. The monoisotopic (exact) mass is 895 g/mol. The molecule has 3 rings (SSSR count). The van der Waals surface area contributed by atoms with Gasteiger partial charge in [-0.25, -0.2) is 25.2 Å². The van der Waals surface area contributed by atoms with E-state index in [4.69, 9.17) is 10.9 Å². The predicted octanol–water partition coefficient (Wildman–Crippen LogP) is -0.472. The average Bonchev–Trinajstić information content (AvgIpc) is 3.24. The van der Waals surface area contributed by atoms with Crippen LogP contribution in [0.5, 0.6) is 0 Å². The summed E-state index contributed by atoms with van der Waals surface area (Å²) in [6, 6.07) is 6.15. The third-order valence-electron chi connectivity index (χ3n) is 9.41. The van der Waals surface area contributed by atoms with Crippen molar-refractivity contribution < 1.29 is 73.5 Å². The molecule has 1 aromatic heterocycles. The zero-order chi connectivity index (χ0) is 47.3. The molecule has 0 aliphatic carbocycles. The second-order valence-corrected chi connectivity index (χ2v) is 14.3. The average molecular weight is 896 g/mol. The number of urea groups is 1. The highest BCUT2D eigenvalue weighted by atomic mass is 16.4. The number of carbonyl (C=O) groups is 10. The van der Waals surface area contributed by atoms with Gasteiger partial charge in [0, 0.05) is 32.0 Å². The fourth-order valence-electron chi connectivity index (χ4n) is 6.08. The second-order valence-electron chi connectivity index (χ2n) is 14.3. The van der Waals surface area contributed by atoms with Crippen LogP contribution >= 0.6 is 0 Å². The van der Waals surface area contributed by atoms with Crippen LogP contribution < -0.4 is 43.2 Å². The van der Waals surface area contributed by atoms with E-state index < -0.39 is 122 Å². The van der Waals surface area contributed by atoms with Crippen molar-refractivity contribution in [2.45, 2.75) is 88.0 Å². The number of nitrogens with one attached hydrogen (secondary N) is 7. The zero-order valence-electron chi connectivity index (χ0n) is 34.1. The SMILES string of the molecule is NNc1ccc(C(=O)NC(CCC(=O)O)C(=O)NC(CC(=O)O)C(=O)NC(Cc2ccc3ccccc3c2)C(=O)NCCCCC(NC(=O)NC(CCC(=O)O)C(=O)O)C(=O)O)cn1. The Hall–Kier alpha value is -7.89. The lowest BCUT2D eigenvalue weighted by Gasteiger charge is -2.25. The molecule has 2 aromatic carbocycles. The molecule has 0 fully saturated rings. The fourth-order valence-corrected chi connectivity index (χ4v) is 6.08. The summed E-state index contributed by atoms with van der Waals surface area (Å²) in [4.78, 5) is 128. The van der Waals surface area contributed by atoms with Gasteiger partial charge in [-0.15, -0.1) is 0 Å². The van der Waals surface area contributed by atoms with Crippen molar-refractivity contribution in [2.75, 3.05) is 12.0 Å². The molecule has 0 bridgehead atoms. The van der Waals surface area contributed by atoms with E-state index in [9.17, 15) is 68.4 Å². The molecule has 3 aromatic rings. The van der Waals surface area contributed by atoms with E-state index >= 15 is 0 Å². The van der Waals surface area contributed by atoms with Gasteiger partial charge in [0.1, 0.15) is 36.0 Å². The summed E-state index contributed by atoms with van der Waals surface area (Å²) in [5.74, 6) is -5.47. The molecule has 0 spiro atoms. The Morgan fingerprint density at radius 3 is 1.75 bits per heavy atom. The van der Waals surface area contributed by atoms with Gasteiger partial charge in [-0.2, -0.15) is 0 Å². The number of hydrazine groups is 1. The molecule has 24 nitrogen and oxygen atoms in total. The third kappa shape index (κ3) is 17.2. The first-order chi connectivity index (χ1) is 30.4. The number of aromatic nitrogens is 1. The van der Waals surface area contributed by atoms with E-state index in [0.717, 1.165) is 17.0 Å². The number of hydrogen-bond acceptors (Lipinski definition) is 13. The number of carboxylic acid groups (broad SMARTS) is 5. The molecule has 0 radical (unpaired) electrons. The summed E-state index contributed by atoms with van der Waals surface area (Å²) in [5, 5.41) is 62.2. The molecule has 14 N–H and O–H groups in total. The van der Waals surface area contributed by atoms with Crippen LogP contribution in [0, 0.1) is 0 Å². The summed E-state index contributed by atoms with van der Waals surface area (Å²) >= 11 is 0. The fraction of sp³-hybridized carbons (Fsp3) is 0.375. The number of carboxylic acids is 5. The minimum atomic E-state index is -1.83. The number of amides is 6. The van der Waals surface area contributed by atoms with Crippen molar-refractivity contribution in [2.24, 2.45) is 5.84 Å². The van der Waals surface area contributed by atoms with Crippen molar-refractivity contribution in [3.63, 3.8) is 0 Å². The number of nitrogens with two attached hydrogens (primary N) is 1. The minimum Gasteiger partial charge on any atom is -0.481 e. The highest BCUT2D eigenvalue weighted by Gasteiger charge is 2.32. The molecule has 0 saturated heterocycles. The maximum absolute atomic E-state index is 13.8. The Balaban J connectivity index is 1.74. The van der Waals surface area contributed by atoms with Gasteiger partial charge in [0.05, 0.1) is 12.0 Å². The maximum atomic E-state index is 13.8.